The van der Waals surface area contributed by atoms with E-state index < -0.39 is 0 Å². The molecule has 0 spiro atoms. The first-order valence-electron chi connectivity index (χ1n) is 6.20. The second kappa shape index (κ2) is 4.76. The van der Waals surface area contributed by atoms with Crippen LogP contribution in [0.4, 0.5) is 5.95 Å². The number of nitrogens with one attached hydrogen (secondary N) is 1. The fourth-order valence-corrected chi connectivity index (χ4v) is 1.92. The Morgan fingerprint density at radius 3 is 2.44 bits per heavy atom. The first-order valence-corrected chi connectivity index (χ1v) is 6.20. The van der Waals surface area contributed by atoms with Crippen LogP contribution in [-0.2, 0) is 12.8 Å². The Kier molecular flexibility index (Phi) is 3.36. The summed E-state index contributed by atoms with van der Waals surface area (Å²) in [5.74, 6) is 2.36. The molecule has 1 aliphatic carbocycles. The van der Waals surface area contributed by atoms with Crippen LogP contribution < -0.4 is 5.32 Å². The Balaban J connectivity index is 1.98. The molecule has 2 atom stereocenters. The van der Waals surface area contributed by atoms with Crippen molar-refractivity contribution >= 4 is 5.95 Å². The molecule has 0 saturated heterocycles. The summed E-state index contributed by atoms with van der Waals surface area (Å²) in [4.78, 5) is 4.50. The molecule has 1 aliphatic rings. The summed E-state index contributed by atoms with van der Waals surface area (Å²) in [7, 11) is 0. The van der Waals surface area contributed by atoms with Gasteiger partial charge in [-0.15, -0.1) is 5.10 Å². The molecule has 88 valence electrons. The van der Waals surface area contributed by atoms with Gasteiger partial charge < -0.3 is 5.32 Å². The predicted molar refractivity (Wildman–Crippen MR) is 64.3 cm³/mol. The largest absolute Gasteiger partial charge is 0.353 e. The predicted octanol–water partition coefficient (Wildman–Crippen LogP) is 2.06. The molecule has 1 saturated carbocycles. The summed E-state index contributed by atoms with van der Waals surface area (Å²) in [6.45, 7) is 7.46. The van der Waals surface area contributed by atoms with Crippen LogP contribution in [0.1, 0.15) is 38.6 Å². The lowest BCUT2D eigenvalue weighted by Gasteiger charge is -2.07. The number of rotatable bonds is 5. The smallest absolute Gasteiger partial charge is 0.242 e. The summed E-state index contributed by atoms with van der Waals surface area (Å²) in [6.07, 6.45) is 3.16. The lowest BCUT2D eigenvalue weighted by Crippen LogP contribution is -2.11. The minimum atomic E-state index is 0.688. The zero-order valence-electron chi connectivity index (χ0n) is 10.3. The van der Waals surface area contributed by atoms with E-state index in [-0.39, 0.29) is 0 Å². The number of nitrogens with zero attached hydrogens (tertiary/aromatic N) is 3. The maximum Gasteiger partial charge on any atom is 0.242 e. The van der Waals surface area contributed by atoms with Crippen molar-refractivity contribution in [1.82, 2.24) is 15.2 Å². The molecule has 4 heteroatoms. The van der Waals surface area contributed by atoms with E-state index in [1.165, 1.54) is 6.42 Å². The summed E-state index contributed by atoms with van der Waals surface area (Å²) in [5, 5.41) is 11.6. The molecule has 1 N–H and O–H groups in total. The van der Waals surface area contributed by atoms with Crippen LogP contribution in [0, 0.1) is 11.8 Å². The number of aromatic nitrogens is 3. The molecule has 2 unspecified atom stereocenters. The third-order valence-electron chi connectivity index (χ3n) is 3.31. The maximum atomic E-state index is 4.50. The second-order valence-electron chi connectivity index (χ2n) is 4.59. The van der Waals surface area contributed by atoms with Crippen molar-refractivity contribution in [3.63, 3.8) is 0 Å². The monoisotopic (exact) mass is 220 g/mol. The summed E-state index contributed by atoms with van der Waals surface area (Å²) >= 11 is 0. The molecule has 0 amide bonds. The quantitative estimate of drug-likeness (QED) is 0.825. The van der Waals surface area contributed by atoms with Crippen LogP contribution >= 0.6 is 0 Å². The molecule has 0 aliphatic heterocycles. The zero-order chi connectivity index (χ0) is 11.5. The van der Waals surface area contributed by atoms with Crippen LogP contribution in [0.15, 0.2) is 0 Å². The maximum absolute atomic E-state index is 4.50. The van der Waals surface area contributed by atoms with E-state index in [9.17, 15) is 0 Å². The molecule has 0 radical (unpaired) electrons. The molecule has 1 fully saturated rings. The van der Waals surface area contributed by atoms with Gasteiger partial charge in [0.05, 0.1) is 11.4 Å². The highest BCUT2D eigenvalue weighted by atomic mass is 15.2. The van der Waals surface area contributed by atoms with Gasteiger partial charge in [0.2, 0.25) is 5.95 Å². The summed E-state index contributed by atoms with van der Waals surface area (Å²) in [6, 6.07) is 0. The van der Waals surface area contributed by atoms with Crippen molar-refractivity contribution in [3.05, 3.63) is 11.4 Å². The van der Waals surface area contributed by atoms with Gasteiger partial charge >= 0.3 is 0 Å². The molecular weight excluding hydrogens is 200 g/mol. The molecule has 1 aromatic rings. The Labute approximate surface area is 96.9 Å². The Morgan fingerprint density at radius 1 is 1.19 bits per heavy atom. The average molecular weight is 220 g/mol. The third-order valence-corrected chi connectivity index (χ3v) is 3.31. The molecule has 1 aromatic heterocycles. The van der Waals surface area contributed by atoms with E-state index in [1.54, 1.807) is 0 Å². The standard InChI is InChI=1S/C12H20N4/c1-4-10-11(5-2)15-16-12(14-10)13-7-9-6-8(9)3/h8-9H,4-7H2,1-3H3,(H,13,14,16). The van der Waals surface area contributed by atoms with Gasteiger partial charge in [0.1, 0.15) is 0 Å². The zero-order valence-corrected chi connectivity index (χ0v) is 10.3. The van der Waals surface area contributed by atoms with E-state index >= 15 is 0 Å². The van der Waals surface area contributed by atoms with Gasteiger partial charge in [0.25, 0.3) is 0 Å². The highest BCUT2D eigenvalue weighted by molar-refractivity contribution is 5.26. The highest BCUT2D eigenvalue weighted by Gasteiger charge is 2.32. The second-order valence-corrected chi connectivity index (χ2v) is 4.59. The van der Waals surface area contributed by atoms with Gasteiger partial charge in [0.15, 0.2) is 0 Å². The van der Waals surface area contributed by atoms with Gasteiger partial charge in [-0.05, 0) is 31.1 Å². The van der Waals surface area contributed by atoms with E-state index in [0.717, 1.165) is 42.6 Å². The minimum Gasteiger partial charge on any atom is -0.353 e. The van der Waals surface area contributed by atoms with Crippen molar-refractivity contribution in [2.75, 3.05) is 11.9 Å². The number of anilines is 1. The first kappa shape index (κ1) is 11.3. The van der Waals surface area contributed by atoms with Crippen LogP contribution in [-0.4, -0.2) is 21.7 Å². The van der Waals surface area contributed by atoms with Crippen LogP contribution in [0.5, 0.6) is 0 Å². The van der Waals surface area contributed by atoms with Gasteiger partial charge in [-0.3, -0.25) is 0 Å². The first-order chi connectivity index (χ1) is 7.74. The van der Waals surface area contributed by atoms with Gasteiger partial charge in [0, 0.05) is 6.54 Å². The van der Waals surface area contributed by atoms with E-state index in [4.69, 9.17) is 0 Å². The van der Waals surface area contributed by atoms with Crippen LogP contribution in [0.25, 0.3) is 0 Å². The van der Waals surface area contributed by atoms with E-state index in [2.05, 4.69) is 41.3 Å². The highest BCUT2D eigenvalue weighted by Crippen LogP contribution is 2.37. The molecule has 16 heavy (non-hydrogen) atoms. The molecule has 2 rings (SSSR count). The fourth-order valence-electron chi connectivity index (χ4n) is 1.92. The molecule has 0 aromatic carbocycles. The van der Waals surface area contributed by atoms with Crippen molar-refractivity contribution in [2.45, 2.75) is 40.0 Å². The van der Waals surface area contributed by atoms with Crippen molar-refractivity contribution < 1.29 is 0 Å². The normalized spacial score (nSPS) is 23.2. The lowest BCUT2D eigenvalue weighted by molar-refractivity contribution is 0.764. The van der Waals surface area contributed by atoms with E-state index in [0.29, 0.717) is 5.95 Å². The van der Waals surface area contributed by atoms with Crippen molar-refractivity contribution in [1.29, 1.82) is 0 Å². The molecule has 0 bridgehead atoms. The minimum absolute atomic E-state index is 0.688. The molecule has 4 nitrogen and oxygen atoms in total. The molecular formula is C12H20N4. The topological polar surface area (TPSA) is 50.7 Å². The van der Waals surface area contributed by atoms with Gasteiger partial charge in [-0.2, -0.15) is 5.10 Å². The summed E-state index contributed by atoms with van der Waals surface area (Å²) in [5.41, 5.74) is 2.09. The Morgan fingerprint density at radius 2 is 1.88 bits per heavy atom. The van der Waals surface area contributed by atoms with Crippen LogP contribution in [0.2, 0.25) is 0 Å². The van der Waals surface area contributed by atoms with Gasteiger partial charge in [-0.25, -0.2) is 4.98 Å². The number of hydrogen-bond donors (Lipinski definition) is 1. The Bertz CT molecular complexity index is 364. The number of hydrogen-bond acceptors (Lipinski definition) is 4. The molecule has 1 heterocycles. The third kappa shape index (κ3) is 2.49. The van der Waals surface area contributed by atoms with Crippen molar-refractivity contribution in [2.24, 2.45) is 11.8 Å². The van der Waals surface area contributed by atoms with Crippen molar-refractivity contribution in [3.8, 4) is 0 Å². The fraction of sp³-hybridized carbons (Fsp3) is 0.750. The van der Waals surface area contributed by atoms with Crippen LogP contribution in [0.3, 0.4) is 0 Å². The number of aryl methyl sites for hydroxylation is 2. The van der Waals surface area contributed by atoms with Gasteiger partial charge in [-0.1, -0.05) is 20.8 Å². The summed E-state index contributed by atoms with van der Waals surface area (Å²) < 4.78 is 0. The lowest BCUT2D eigenvalue weighted by atomic mass is 10.2. The Hall–Kier alpha value is -1.19. The SMILES string of the molecule is CCc1nnc(NCC2CC2C)nc1CC. The average Bonchev–Trinajstić information content (AvgIpc) is 3.02. The van der Waals surface area contributed by atoms with E-state index in [1.807, 2.05) is 0 Å².